The Kier molecular flexibility index (Phi) is 6.63. The Morgan fingerprint density at radius 3 is 2.71 bits per heavy atom. The molecule has 0 unspecified atom stereocenters. The number of nitrogens with one attached hydrogen (secondary N) is 1. The summed E-state index contributed by atoms with van der Waals surface area (Å²) < 4.78 is 11.1. The summed E-state index contributed by atoms with van der Waals surface area (Å²) in [6.45, 7) is 2.77. The van der Waals surface area contributed by atoms with Gasteiger partial charge >= 0.3 is 0 Å². The lowest BCUT2D eigenvalue weighted by Crippen LogP contribution is -2.17. The quantitative estimate of drug-likeness (QED) is 0.349. The number of carbonyl (C=O) groups excluding carboxylic acids is 1. The molecule has 0 saturated heterocycles. The largest absolute Gasteiger partial charge is 0.493 e. The summed E-state index contributed by atoms with van der Waals surface area (Å²) in [4.78, 5) is 12.5. The van der Waals surface area contributed by atoms with Crippen LogP contribution in [-0.2, 0) is 0 Å². The first kappa shape index (κ1) is 19.4. The summed E-state index contributed by atoms with van der Waals surface area (Å²) in [5.41, 5.74) is 3.99. The zero-order valence-corrected chi connectivity index (χ0v) is 16.1. The van der Waals surface area contributed by atoms with Gasteiger partial charge in [0, 0.05) is 5.56 Å². The van der Waals surface area contributed by atoms with Crippen LogP contribution in [0.15, 0.2) is 65.8 Å². The Morgan fingerprint density at radius 1 is 1.07 bits per heavy atom. The van der Waals surface area contributed by atoms with Crippen LogP contribution < -0.4 is 14.9 Å². The highest BCUT2D eigenvalue weighted by atomic mass is 16.5. The fourth-order valence-corrected chi connectivity index (χ4v) is 2.86. The summed E-state index contributed by atoms with van der Waals surface area (Å²) in [6.07, 6.45) is 3.65. The third kappa shape index (κ3) is 4.68. The molecule has 0 aliphatic carbocycles. The Balaban J connectivity index is 1.69. The predicted octanol–water partition coefficient (Wildman–Crippen LogP) is 4.79. The minimum atomic E-state index is -0.250. The monoisotopic (exact) mass is 376 g/mol. The van der Waals surface area contributed by atoms with Gasteiger partial charge in [0.05, 0.1) is 19.9 Å². The fourth-order valence-electron chi connectivity index (χ4n) is 2.86. The average molecular weight is 376 g/mol. The molecule has 5 heteroatoms. The van der Waals surface area contributed by atoms with Crippen molar-refractivity contribution >= 4 is 22.9 Å². The SMILES string of the molecule is CCCCOc1ccc(/C=N/NC(=O)c2cccc3ccccc23)cc1OC. The van der Waals surface area contributed by atoms with Crippen molar-refractivity contribution < 1.29 is 14.3 Å². The van der Waals surface area contributed by atoms with Gasteiger partial charge in [0.1, 0.15) is 0 Å². The van der Waals surface area contributed by atoms with Gasteiger partial charge in [-0.2, -0.15) is 5.10 Å². The van der Waals surface area contributed by atoms with E-state index in [2.05, 4.69) is 17.5 Å². The van der Waals surface area contributed by atoms with Crippen molar-refractivity contribution in [2.45, 2.75) is 19.8 Å². The zero-order valence-electron chi connectivity index (χ0n) is 16.1. The molecule has 0 spiro atoms. The molecule has 0 fully saturated rings. The van der Waals surface area contributed by atoms with Gasteiger partial charge in [-0.1, -0.05) is 49.7 Å². The summed E-state index contributed by atoms with van der Waals surface area (Å²) in [6, 6.07) is 19.0. The van der Waals surface area contributed by atoms with Crippen molar-refractivity contribution in [2.75, 3.05) is 13.7 Å². The first-order valence-electron chi connectivity index (χ1n) is 9.35. The van der Waals surface area contributed by atoms with Crippen LogP contribution in [0, 0.1) is 0 Å². The van der Waals surface area contributed by atoms with Gasteiger partial charge in [-0.3, -0.25) is 4.79 Å². The maximum absolute atomic E-state index is 12.5. The predicted molar refractivity (Wildman–Crippen MR) is 112 cm³/mol. The van der Waals surface area contributed by atoms with E-state index in [0.29, 0.717) is 23.7 Å². The molecule has 144 valence electrons. The average Bonchev–Trinajstić information content (AvgIpc) is 2.74. The third-order valence-corrected chi connectivity index (χ3v) is 4.36. The van der Waals surface area contributed by atoms with E-state index in [1.54, 1.807) is 19.4 Å². The molecule has 0 saturated carbocycles. The maximum Gasteiger partial charge on any atom is 0.271 e. The van der Waals surface area contributed by atoms with E-state index in [4.69, 9.17) is 9.47 Å². The van der Waals surface area contributed by atoms with Gasteiger partial charge in [-0.15, -0.1) is 0 Å². The summed E-state index contributed by atoms with van der Waals surface area (Å²) >= 11 is 0. The lowest BCUT2D eigenvalue weighted by molar-refractivity contribution is 0.0957. The van der Waals surface area contributed by atoms with Crippen molar-refractivity contribution in [2.24, 2.45) is 5.10 Å². The Labute approximate surface area is 165 Å². The van der Waals surface area contributed by atoms with Gasteiger partial charge in [-0.05, 0) is 47.0 Å². The van der Waals surface area contributed by atoms with Crippen LogP contribution in [0.3, 0.4) is 0 Å². The second kappa shape index (κ2) is 9.55. The van der Waals surface area contributed by atoms with Crippen molar-refractivity contribution in [3.05, 3.63) is 71.8 Å². The number of rotatable bonds is 8. The minimum absolute atomic E-state index is 0.250. The van der Waals surface area contributed by atoms with Gasteiger partial charge in [0.2, 0.25) is 0 Å². The van der Waals surface area contributed by atoms with E-state index in [0.717, 1.165) is 29.2 Å². The summed E-state index contributed by atoms with van der Waals surface area (Å²) in [5.74, 6) is 1.09. The molecule has 3 aromatic rings. The van der Waals surface area contributed by atoms with E-state index in [1.807, 2.05) is 54.6 Å². The Morgan fingerprint density at radius 2 is 1.89 bits per heavy atom. The van der Waals surface area contributed by atoms with Crippen LogP contribution in [0.5, 0.6) is 11.5 Å². The number of amides is 1. The standard InChI is InChI=1S/C23H24N2O3/c1-3-4-14-28-21-13-12-17(15-22(21)27-2)16-24-25-23(26)20-11-7-9-18-8-5-6-10-19(18)20/h5-13,15-16H,3-4,14H2,1-2H3,(H,25,26)/b24-16+. The van der Waals surface area contributed by atoms with Crippen LogP contribution in [0.4, 0.5) is 0 Å². The second-order valence-corrected chi connectivity index (χ2v) is 6.34. The van der Waals surface area contributed by atoms with Crippen LogP contribution in [0.2, 0.25) is 0 Å². The van der Waals surface area contributed by atoms with Crippen LogP contribution >= 0.6 is 0 Å². The van der Waals surface area contributed by atoms with E-state index < -0.39 is 0 Å². The minimum Gasteiger partial charge on any atom is -0.493 e. The van der Waals surface area contributed by atoms with Gasteiger partial charge in [0.25, 0.3) is 5.91 Å². The van der Waals surface area contributed by atoms with Gasteiger partial charge in [0.15, 0.2) is 11.5 Å². The number of fused-ring (bicyclic) bond motifs is 1. The maximum atomic E-state index is 12.5. The molecular weight excluding hydrogens is 352 g/mol. The molecule has 0 aromatic heterocycles. The first-order valence-corrected chi connectivity index (χ1v) is 9.35. The summed E-state index contributed by atoms with van der Waals surface area (Å²) in [7, 11) is 1.60. The molecule has 1 N–H and O–H groups in total. The molecule has 1 amide bonds. The second-order valence-electron chi connectivity index (χ2n) is 6.34. The number of methoxy groups -OCH3 is 1. The molecule has 0 bridgehead atoms. The highest BCUT2D eigenvalue weighted by molar-refractivity contribution is 6.07. The summed E-state index contributed by atoms with van der Waals surface area (Å²) in [5, 5.41) is 6.00. The fraction of sp³-hybridized carbons (Fsp3) is 0.217. The molecule has 0 radical (unpaired) electrons. The van der Waals surface area contributed by atoms with Crippen molar-refractivity contribution in [1.82, 2.24) is 5.43 Å². The van der Waals surface area contributed by atoms with E-state index in [9.17, 15) is 4.79 Å². The Hall–Kier alpha value is -3.34. The first-order chi connectivity index (χ1) is 13.7. The number of nitrogens with zero attached hydrogens (tertiary/aromatic N) is 1. The van der Waals surface area contributed by atoms with Crippen molar-refractivity contribution in [1.29, 1.82) is 0 Å². The molecule has 3 aromatic carbocycles. The van der Waals surface area contributed by atoms with Crippen LogP contribution in [-0.4, -0.2) is 25.8 Å². The number of ether oxygens (including phenoxy) is 2. The van der Waals surface area contributed by atoms with Gasteiger partial charge in [-0.25, -0.2) is 5.43 Å². The molecule has 0 heterocycles. The number of carbonyl (C=O) groups is 1. The molecule has 3 rings (SSSR count). The van der Waals surface area contributed by atoms with E-state index in [1.165, 1.54) is 0 Å². The lowest BCUT2D eigenvalue weighted by atomic mass is 10.0. The van der Waals surface area contributed by atoms with E-state index in [-0.39, 0.29) is 5.91 Å². The normalized spacial score (nSPS) is 10.9. The zero-order chi connectivity index (χ0) is 19.8. The Bertz CT molecular complexity index is 977. The number of hydrogen-bond acceptors (Lipinski definition) is 4. The topological polar surface area (TPSA) is 59.9 Å². The number of benzene rings is 3. The third-order valence-electron chi connectivity index (χ3n) is 4.36. The lowest BCUT2D eigenvalue weighted by Gasteiger charge is -2.10. The number of hydrazone groups is 1. The van der Waals surface area contributed by atoms with Gasteiger partial charge < -0.3 is 9.47 Å². The van der Waals surface area contributed by atoms with Crippen molar-refractivity contribution in [3.63, 3.8) is 0 Å². The molecular formula is C23H24N2O3. The number of unbranched alkanes of at least 4 members (excludes halogenated alkanes) is 1. The molecule has 0 atom stereocenters. The molecule has 0 aliphatic heterocycles. The molecule has 28 heavy (non-hydrogen) atoms. The molecule has 5 nitrogen and oxygen atoms in total. The smallest absolute Gasteiger partial charge is 0.271 e. The molecule has 0 aliphatic rings. The highest BCUT2D eigenvalue weighted by Crippen LogP contribution is 2.27. The van der Waals surface area contributed by atoms with Crippen molar-refractivity contribution in [3.8, 4) is 11.5 Å². The number of hydrogen-bond donors (Lipinski definition) is 1. The van der Waals surface area contributed by atoms with Crippen LogP contribution in [0.1, 0.15) is 35.7 Å². The van der Waals surface area contributed by atoms with Crippen LogP contribution in [0.25, 0.3) is 10.8 Å². The highest BCUT2D eigenvalue weighted by Gasteiger charge is 2.09. The van der Waals surface area contributed by atoms with E-state index >= 15 is 0 Å².